The van der Waals surface area contributed by atoms with Crippen LogP contribution in [0.25, 0.3) is 0 Å². The van der Waals surface area contributed by atoms with Gasteiger partial charge in [0.2, 0.25) is 6.29 Å². The molecule has 0 heterocycles. The van der Waals surface area contributed by atoms with Crippen LogP contribution in [0.4, 0.5) is 0 Å². The van der Waals surface area contributed by atoms with Crippen molar-refractivity contribution in [3.8, 4) is 5.75 Å². The Kier molecular flexibility index (Phi) is 9.55. The van der Waals surface area contributed by atoms with Gasteiger partial charge in [0.25, 0.3) is 0 Å². The Bertz CT molecular complexity index is 385. The SMILES string of the molecule is CCCCN(CCCC)CCCOc1ccccc1[C]=O. The molecule has 1 radical (unpaired) electrons. The molecule has 0 aliphatic carbocycles. The van der Waals surface area contributed by atoms with Gasteiger partial charge in [-0.3, -0.25) is 4.79 Å². The fraction of sp³-hybridized carbons (Fsp3) is 0.611. The third-order valence-corrected chi connectivity index (χ3v) is 3.53. The van der Waals surface area contributed by atoms with E-state index in [2.05, 4.69) is 18.7 Å². The summed E-state index contributed by atoms with van der Waals surface area (Å²) in [6.07, 6.45) is 7.89. The first-order valence-corrected chi connectivity index (χ1v) is 8.14. The largest absolute Gasteiger partial charge is 0.493 e. The normalized spacial score (nSPS) is 10.8. The smallest absolute Gasteiger partial charge is 0.237 e. The molecule has 0 saturated carbocycles. The van der Waals surface area contributed by atoms with Gasteiger partial charge >= 0.3 is 0 Å². The topological polar surface area (TPSA) is 29.5 Å². The van der Waals surface area contributed by atoms with Crippen LogP contribution in [-0.2, 0) is 4.79 Å². The van der Waals surface area contributed by atoms with E-state index in [-0.39, 0.29) is 0 Å². The quantitative estimate of drug-likeness (QED) is 0.548. The highest BCUT2D eigenvalue weighted by atomic mass is 16.5. The summed E-state index contributed by atoms with van der Waals surface area (Å²) in [7, 11) is 0. The van der Waals surface area contributed by atoms with Crippen LogP contribution in [0.5, 0.6) is 5.75 Å². The molecule has 117 valence electrons. The Morgan fingerprint density at radius 1 is 1.00 bits per heavy atom. The Balaban J connectivity index is 2.30. The summed E-state index contributed by atoms with van der Waals surface area (Å²) in [5.74, 6) is 0.640. The molecule has 21 heavy (non-hydrogen) atoms. The lowest BCUT2D eigenvalue weighted by atomic mass is 10.2. The minimum Gasteiger partial charge on any atom is -0.493 e. The second-order valence-corrected chi connectivity index (χ2v) is 5.35. The molecule has 0 bridgehead atoms. The van der Waals surface area contributed by atoms with Crippen molar-refractivity contribution in [3.63, 3.8) is 0 Å². The maximum atomic E-state index is 10.8. The lowest BCUT2D eigenvalue weighted by Gasteiger charge is -2.21. The first-order chi connectivity index (χ1) is 10.3. The summed E-state index contributed by atoms with van der Waals surface area (Å²) >= 11 is 0. The van der Waals surface area contributed by atoms with Crippen LogP contribution in [0, 0.1) is 0 Å². The highest BCUT2D eigenvalue weighted by Crippen LogP contribution is 2.15. The first-order valence-electron chi connectivity index (χ1n) is 8.14. The number of ether oxygens (including phenoxy) is 1. The summed E-state index contributed by atoms with van der Waals surface area (Å²) in [5, 5.41) is 0. The van der Waals surface area contributed by atoms with Gasteiger partial charge in [-0.2, -0.15) is 0 Å². The van der Waals surface area contributed by atoms with Gasteiger partial charge < -0.3 is 9.64 Å². The number of unbranched alkanes of at least 4 members (excludes halogenated alkanes) is 2. The molecule has 0 atom stereocenters. The molecule has 0 amide bonds. The Morgan fingerprint density at radius 2 is 1.62 bits per heavy atom. The third kappa shape index (κ3) is 7.28. The van der Waals surface area contributed by atoms with E-state index in [0.29, 0.717) is 17.9 Å². The van der Waals surface area contributed by atoms with Crippen LogP contribution in [0.2, 0.25) is 0 Å². The predicted octanol–water partition coefficient (Wildman–Crippen LogP) is 3.82. The number of carbonyl (C=O) groups excluding carboxylic acids is 1. The van der Waals surface area contributed by atoms with Gasteiger partial charge in [0.1, 0.15) is 5.75 Å². The number of rotatable bonds is 12. The molecule has 3 nitrogen and oxygen atoms in total. The van der Waals surface area contributed by atoms with E-state index in [4.69, 9.17) is 4.74 Å². The number of hydrogen-bond acceptors (Lipinski definition) is 3. The van der Waals surface area contributed by atoms with E-state index in [1.54, 1.807) is 6.07 Å². The fourth-order valence-electron chi connectivity index (χ4n) is 2.25. The van der Waals surface area contributed by atoms with E-state index < -0.39 is 0 Å². The predicted molar refractivity (Wildman–Crippen MR) is 87.6 cm³/mol. The van der Waals surface area contributed by atoms with E-state index in [1.807, 2.05) is 24.5 Å². The molecule has 0 spiro atoms. The number of benzene rings is 1. The van der Waals surface area contributed by atoms with Crippen LogP contribution in [0.1, 0.15) is 51.5 Å². The van der Waals surface area contributed by atoms with Gasteiger partial charge in [0, 0.05) is 6.54 Å². The second-order valence-electron chi connectivity index (χ2n) is 5.35. The van der Waals surface area contributed by atoms with Crippen LogP contribution in [0.3, 0.4) is 0 Å². The molecule has 3 heteroatoms. The number of nitrogens with zero attached hydrogens (tertiary/aromatic N) is 1. The van der Waals surface area contributed by atoms with Crippen molar-refractivity contribution in [1.82, 2.24) is 4.90 Å². The highest BCUT2D eigenvalue weighted by molar-refractivity contribution is 5.79. The van der Waals surface area contributed by atoms with Crippen LogP contribution in [0.15, 0.2) is 24.3 Å². The van der Waals surface area contributed by atoms with E-state index in [0.717, 1.165) is 13.0 Å². The number of para-hydroxylation sites is 1. The molecule has 1 aromatic rings. The average Bonchev–Trinajstić information content (AvgIpc) is 2.53. The Morgan fingerprint density at radius 3 is 2.24 bits per heavy atom. The zero-order valence-electron chi connectivity index (χ0n) is 13.4. The molecular weight excluding hydrogens is 262 g/mol. The summed E-state index contributed by atoms with van der Waals surface area (Å²) < 4.78 is 5.70. The van der Waals surface area contributed by atoms with Crippen LogP contribution < -0.4 is 4.74 Å². The standard InChI is InChI=1S/C18H28NO2/c1-3-5-12-19(13-6-4-2)14-9-15-21-18-11-8-7-10-17(18)16-20/h7-8,10-11H,3-6,9,12-15H2,1-2H3. The molecule has 0 saturated heterocycles. The highest BCUT2D eigenvalue weighted by Gasteiger charge is 2.05. The van der Waals surface area contributed by atoms with Gasteiger partial charge in [-0.25, -0.2) is 0 Å². The van der Waals surface area contributed by atoms with Crippen molar-refractivity contribution in [2.45, 2.75) is 46.0 Å². The van der Waals surface area contributed by atoms with Crippen LogP contribution in [-0.4, -0.2) is 37.4 Å². The maximum Gasteiger partial charge on any atom is 0.237 e. The van der Waals surface area contributed by atoms with Crippen molar-refractivity contribution in [2.75, 3.05) is 26.2 Å². The van der Waals surface area contributed by atoms with Gasteiger partial charge in [0.15, 0.2) is 0 Å². The Hall–Kier alpha value is -1.35. The molecule has 0 aliphatic rings. The maximum absolute atomic E-state index is 10.8. The summed E-state index contributed by atoms with van der Waals surface area (Å²) in [6, 6.07) is 7.26. The first kappa shape index (κ1) is 17.7. The molecule has 1 rings (SSSR count). The van der Waals surface area contributed by atoms with Crippen molar-refractivity contribution in [3.05, 3.63) is 29.8 Å². The van der Waals surface area contributed by atoms with Gasteiger partial charge in [0.05, 0.1) is 12.2 Å². The third-order valence-electron chi connectivity index (χ3n) is 3.53. The molecular formula is C18H28NO2. The van der Waals surface area contributed by atoms with Crippen LogP contribution >= 0.6 is 0 Å². The lowest BCUT2D eigenvalue weighted by Crippen LogP contribution is -2.28. The van der Waals surface area contributed by atoms with E-state index in [9.17, 15) is 4.79 Å². The van der Waals surface area contributed by atoms with E-state index in [1.165, 1.54) is 38.8 Å². The number of hydrogen-bond donors (Lipinski definition) is 0. The molecule has 0 unspecified atom stereocenters. The van der Waals surface area contributed by atoms with Crippen molar-refractivity contribution >= 4 is 6.29 Å². The summed E-state index contributed by atoms with van der Waals surface area (Å²) in [6.45, 7) is 8.52. The van der Waals surface area contributed by atoms with Gasteiger partial charge in [-0.05, 0) is 44.5 Å². The summed E-state index contributed by atoms with van der Waals surface area (Å²) in [4.78, 5) is 13.3. The fourth-order valence-corrected chi connectivity index (χ4v) is 2.25. The Labute approximate surface area is 129 Å². The average molecular weight is 290 g/mol. The van der Waals surface area contributed by atoms with Crippen molar-refractivity contribution < 1.29 is 9.53 Å². The van der Waals surface area contributed by atoms with E-state index >= 15 is 0 Å². The minimum absolute atomic E-state index is 0.506. The molecule has 0 aliphatic heterocycles. The van der Waals surface area contributed by atoms with Crippen molar-refractivity contribution in [1.29, 1.82) is 0 Å². The monoisotopic (exact) mass is 290 g/mol. The second kappa shape index (κ2) is 11.3. The zero-order valence-corrected chi connectivity index (χ0v) is 13.4. The van der Waals surface area contributed by atoms with Crippen molar-refractivity contribution in [2.24, 2.45) is 0 Å². The van der Waals surface area contributed by atoms with Gasteiger partial charge in [-0.15, -0.1) is 0 Å². The minimum atomic E-state index is 0.506. The molecule has 0 fully saturated rings. The zero-order chi connectivity index (χ0) is 15.3. The van der Waals surface area contributed by atoms with Gasteiger partial charge in [-0.1, -0.05) is 38.8 Å². The summed E-state index contributed by atoms with van der Waals surface area (Å²) in [5.41, 5.74) is 0.506. The lowest BCUT2D eigenvalue weighted by molar-refractivity contribution is 0.229. The molecule has 0 aromatic heterocycles. The molecule has 0 N–H and O–H groups in total. The molecule has 1 aromatic carbocycles.